The van der Waals surface area contributed by atoms with Gasteiger partial charge in [0.15, 0.2) is 0 Å². The predicted molar refractivity (Wildman–Crippen MR) is 73.3 cm³/mol. The van der Waals surface area contributed by atoms with Crippen LogP contribution in [0.4, 0.5) is 0 Å². The van der Waals surface area contributed by atoms with Crippen molar-refractivity contribution >= 4 is 12.6 Å². The minimum atomic E-state index is -1.34. The number of aryl methyl sites for hydroxylation is 1. The summed E-state index contributed by atoms with van der Waals surface area (Å²) in [4.78, 5) is 0. The summed E-state index contributed by atoms with van der Waals surface area (Å²) in [5, 5.41) is 18.5. The van der Waals surface area contributed by atoms with Crippen LogP contribution in [0, 0.1) is 0 Å². The Morgan fingerprint density at radius 2 is 1.59 bits per heavy atom. The summed E-state index contributed by atoms with van der Waals surface area (Å²) in [6.07, 6.45) is 8.52. The monoisotopic (exact) mass is 234 g/mol. The third-order valence-corrected chi connectivity index (χ3v) is 3.13. The van der Waals surface area contributed by atoms with Gasteiger partial charge >= 0.3 is 7.12 Å². The summed E-state index contributed by atoms with van der Waals surface area (Å²) >= 11 is 0. The second-order valence-corrected chi connectivity index (χ2v) is 4.59. The standard InChI is InChI=1S/C14H23BO2/c1-2-3-4-5-6-7-10-13-11-8-9-12-14(13)15(16)17/h8-9,11-12,16-17H,2-7,10H2,1H3. The van der Waals surface area contributed by atoms with E-state index in [1.165, 1.54) is 32.1 Å². The molecule has 0 amide bonds. The highest BCUT2D eigenvalue weighted by Crippen LogP contribution is 2.09. The predicted octanol–water partition coefficient (Wildman–Crippen LogP) is 2.27. The first-order chi connectivity index (χ1) is 8.25. The molecule has 0 atom stereocenters. The average molecular weight is 234 g/mol. The molecule has 94 valence electrons. The first-order valence-corrected chi connectivity index (χ1v) is 6.69. The molecule has 0 bridgehead atoms. The molecule has 0 aromatic heterocycles. The molecular formula is C14H23BO2. The zero-order chi connectivity index (χ0) is 12.5. The summed E-state index contributed by atoms with van der Waals surface area (Å²) in [7, 11) is -1.34. The maximum atomic E-state index is 9.23. The summed E-state index contributed by atoms with van der Waals surface area (Å²) in [6, 6.07) is 7.58. The van der Waals surface area contributed by atoms with E-state index in [1.54, 1.807) is 6.07 Å². The molecule has 0 spiro atoms. The van der Waals surface area contributed by atoms with Crippen LogP contribution in [0.3, 0.4) is 0 Å². The van der Waals surface area contributed by atoms with Crippen LogP contribution in [-0.4, -0.2) is 17.2 Å². The van der Waals surface area contributed by atoms with Gasteiger partial charge in [0.05, 0.1) is 0 Å². The third kappa shape index (κ3) is 5.38. The van der Waals surface area contributed by atoms with Crippen LogP contribution in [0.15, 0.2) is 24.3 Å². The molecule has 1 rings (SSSR count). The summed E-state index contributed by atoms with van der Waals surface area (Å²) in [5.41, 5.74) is 1.72. The lowest BCUT2D eigenvalue weighted by Crippen LogP contribution is -2.32. The molecule has 0 saturated heterocycles. The van der Waals surface area contributed by atoms with Crippen molar-refractivity contribution < 1.29 is 10.0 Å². The fourth-order valence-corrected chi connectivity index (χ4v) is 2.11. The van der Waals surface area contributed by atoms with Gasteiger partial charge in [-0.2, -0.15) is 0 Å². The van der Waals surface area contributed by atoms with E-state index in [0.29, 0.717) is 5.46 Å². The van der Waals surface area contributed by atoms with Crippen LogP contribution >= 0.6 is 0 Å². The minimum absolute atomic E-state index is 0.654. The van der Waals surface area contributed by atoms with Crippen LogP contribution in [0.1, 0.15) is 51.0 Å². The first-order valence-electron chi connectivity index (χ1n) is 6.69. The lowest BCUT2D eigenvalue weighted by Gasteiger charge is -2.08. The van der Waals surface area contributed by atoms with Crippen molar-refractivity contribution in [3.8, 4) is 0 Å². The smallest absolute Gasteiger partial charge is 0.423 e. The van der Waals surface area contributed by atoms with Gasteiger partial charge in [0.25, 0.3) is 0 Å². The molecule has 0 radical (unpaired) electrons. The molecule has 0 fully saturated rings. The van der Waals surface area contributed by atoms with E-state index in [2.05, 4.69) is 6.92 Å². The molecular weight excluding hydrogens is 211 g/mol. The normalized spacial score (nSPS) is 10.5. The molecule has 3 heteroatoms. The quantitative estimate of drug-likeness (QED) is 0.535. The Hall–Kier alpha value is -0.795. The van der Waals surface area contributed by atoms with Crippen molar-refractivity contribution in [2.75, 3.05) is 0 Å². The summed E-state index contributed by atoms with van der Waals surface area (Å²) < 4.78 is 0. The van der Waals surface area contributed by atoms with Gasteiger partial charge in [0.2, 0.25) is 0 Å². The number of unbranched alkanes of at least 4 members (excludes halogenated alkanes) is 5. The molecule has 1 aromatic carbocycles. The summed E-state index contributed by atoms with van der Waals surface area (Å²) in [5.74, 6) is 0. The van der Waals surface area contributed by atoms with Gasteiger partial charge in [-0.1, -0.05) is 63.3 Å². The van der Waals surface area contributed by atoms with Gasteiger partial charge in [-0.05, 0) is 23.9 Å². The molecule has 2 N–H and O–H groups in total. The average Bonchev–Trinajstić information content (AvgIpc) is 2.34. The highest BCUT2D eigenvalue weighted by molar-refractivity contribution is 6.59. The third-order valence-electron chi connectivity index (χ3n) is 3.13. The van der Waals surface area contributed by atoms with Gasteiger partial charge in [-0.25, -0.2) is 0 Å². The van der Waals surface area contributed by atoms with Crippen LogP contribution in [0.5, 0.6) is 0 Å². The van der Waals surface area contributed by atoms with Crippen LogP contribution in [-0.2, 0) is 6.42 Å². The van der Waals surface area contributed by atoms with E-state index in [1.807, 2.05) is 18.2 Å². The molecule has 17 heavy (non-hydrogen) atoms. The Morgan fingerprint density at radius 3 is 2.29 bits per heavy atom. The van der Waals surface area contributed by atoms with Gasteiger partial charge in [-0.3, -0.25) is 0 Å². The molecule has 0 saturated carbocycles. The fourth-order valence-electron chi connectivity index (χ4n) is 2.11. The Balaban J connectivity index is 2.31. The molecule has 0 unspecified atom stereocenters. The number of rotatable bonds is 8. The number of hydrogen-bond donors (Lipinski definition) is 2. The van der Waals surface area contributed by atoms with E-state index in [-0.39, 0.29) is 0 Å². The van der Waals surface area contributed by atoms with Crippen LogP contribution in [0.2, 0.25) is 0 Å². The Labute approximate surface area is 105 Å². The van der Waals surface area contributed by atoms with E-state index < -0.39 is 7.12 Å². The van der Waals surface area contributed by atoms with Crippen LogP contribution < -0.4 is 5.46 Å². The maximum Gasteiger partial charge on any atom is 0.488 e. The molecule has 1 aromatic rings. The Morgan fingerprint density at radius 1 is 0.941 bits per heavy atom. The van der Waals surface area contributed by atoms with Crippen molar-refractivity contribution in [1.82, 2.24) is 0 Å². The highest BCUT2D eigenvalue weighted by Gasteiger charge is 2.14. The largest absolute Gasteiger partial charge is 0.488 e. The second kappa shape index (κ2) is 8.32. The van der Waals surface area contributed by atoms with E-state index >= 15 is 0 Å². The van der Waals surface area contributed by atoms with Gasteiger partial charge in [0, 0.05) is 0 Å². The molecule has 0 aliphatic rings. The van der Waals surface area contributed by atoms with Crippen molar-refractivity contribution in [2.24, 2.45) is 0 Å². The topological polar surface area (TPSA) is 40.5 Å². The molecule has 0 heterocycles. The zero-order valence-electron chi connectivity index (χ0n) is 10.7. The Bertz CT molecular complexity index is 313. The minimum Gasteiger partial charge on any atom is -0.423 e. The lowest BCUT2D eigenvalue weighted by atomic mass is 9.76. The zero-order valence-corrected chi connectivity index (χ0v) is 10.7. The molecule has 0 aliphatic carbocycles. The van der Waals surface area contributed by atoms with Gasteiger partial charge in [-0.15, -0.1) is 0 Å². The van der Waals surface area contributed by atoms with Crippen molar-refractivity contribution in [3.05, 3.63) is 29.8 Å². The van der Waals surface area contributed by atoms with Crippen molar-refractivity contribution in [2.45, 2.75) is 51.9 Å². The van der Waals surface area contributed by atoms with Gasteiger partial charge in [0.1, 0.15) is 0 Å². The van der Waals surface area contributed by atoms with E-state index in [9.17, 15) is 10.0 Å². The number of benzene rings is 1. The molecule has 0 aliphatic heterocycles. The maximum absolute atomic E-state index is 9.23. The SMILES string of the molecule is CCCCCCCCc1ccccc1B(O)O. The van der Waals surface area contributed by atoms with Gasteiger partial charge < -0.3 is 10.0 Å². The van der Waals surface area contributed by atoms with E-state index in [4.69, 9.17) is 0 Å². The number of hydrogen-bond acceptors (Lipinski definition) is 2. The molecule has 2 nitrogen and oxygen atoms in total. The highest BCUT2D eigenvalue weighted by atomic mass is 16.4. The first kappa shape index (κ1) is 14.3. The van der Waals surface area contributed by atoms with Crippen molar-refractivity contribution in [1.29, 1.82) is 0 Å². The fraction of sp³-hybridized carbons (Fsp3) is 0.571. The lowest BCUT2D eigenvalue weighted by molar-refractivity contribution is 0.425. The van der Waals surface area contributed by atoms with Crippen molar-refractivity contribution in [3.63, 3.8) is 0 Å². The second-order valence-electron chi connectivity index (χ2n) is 4.59. The summed E-state index contributed by atoms with van der Waals surface area (Å²) in [6.45, 7) is 2.22. The van der Waals surface area contributed by atoms with E-state index in [0.717, 1.165) is 18.4 Å². The van der Waals surface area contributed by atoms with Crippen LogP contribution in [0.25, 0.3) is 0 Å². The Kier molecular flexibility index (Phi) is 6.98.